The quantitative estimate of drug-likeness (QED) is 0.449. The van der Waals surface area contributed by atoms with Crippen LogP contribution in [0.1, 0.15) is 43.7 Å². The van der Waals surface area contributed by atoms with Crippen LogP contribution in [0.15, 0.2) is 67.1 Å². The molecule has 1 fully saturated rings. The van der Waals surface area contributed by atoms with Crippen molar-refractivity contribution >= 4 is 5.65 Å². The minimum Gasteiger partial charge on any atom is -0.393 e. The maximum absolute atomic E-state index is 9.67. The molecular formula is C28H32N4O. The average Bonchev–Trinajstić information content (AvgIpc) is 3.27. The summed E-state index contributed by atoms with van der Waals surface area (Å²) in [5, 5.41) is 14.3. The Bertz CT molecular complexity index is 1220. The summed E-state index contributed by atoms with van der Waals surface area (Å²) in [7, 11) is 0. The smallest absolute Gasteiger partial charge is 0.162 e. The van der Waals surface area contributed by atoms with Crippen LogP contribution in [0.5, 0.6) is 0 Å². The lowest BCUT2D eigenvalue weighted by molar-refractivity contribution is 0.0832. The lowest BCUT2D eigenvalue weighted by Crippen LogP contribution is -2.37. The highest BCUT2D eigenvalue weighted by Crippen LogP contribution is 2.28. The van der Waals surface area contributed by atoms with Gasteiger partial charge < -0.3 is 10.0 Å². The second-order valence-electron chi connectivity index (χ2n) is 9.47. The van der Waals surface area contributed by atoms with Gasteiger partial charge in [-0.15, -0.1) is 0 Å². The Morgan fingerprint density at radius 3 is 2.52 bits per heavy atom. The van der Waals surface area contributed by atoms with Crippen LogP contribution < -0.4 is 0 Å². The Kier molecular flexibility index (Phi) is 6.25. The SMILES string of the molecule is CC(C)c1cccc(-c2cnn3cc(-c4ccc(CCN5CCC(O)CC5)cc4)cnc23)c1. The number of piperidine rings is 1. The Morgan fingerprint density at radius 1 is 0.970 bits per heavy atom. The van der Waals surface area contributed by atoms with Gasteiger partial charge in [0.2, 0.25) is 0 Å². The van der Waals surface area contributed by atoms with Crippen LogP contribution in [0.3, 0.4) is 0 Å². The van der Waals surface area contributed by atoms with E-state index < -0.39 is 0 Å². The molecule has 0 bridgehead atoms. The summed E-state index contributed by atoms with van der Waals surface area (Å²) >= 11 is 0. The molecule has 0 saturated carbocycles. The summed E-state index contributed by atoms with van der Waals surface area (Å²) in [5.41, 5.74) is 7.96. The maximum atomic E-state index is 9.67. The van der Waals surface area contributed by atoms with Crippen molar-refractivity contribution in [2.75, 3.05) is 19.6 Å². The number of aliphatic hydroxyl groups excluding tert-OH is 1. The number of rotatable bonds is 6. The van der Waals surface area contributed by atoms with Gasteiger partial charge in [0.05, 0.1) is 12.3 Å². The zero-order valence-corrected chi connectivity index (χ0v) is 19.5. The molecule has 0 unspecified atom stereocenters. The molecule has 0 radical (unpaired) electrons. The van der Waals surface area contributed by atoms with Crippen molar-refractivity contribution < 1.29 is 5.11 Å². The molecule has 4 aromatic rings. The predicted octanol–water partition coefficient (Wildman–Crippen LogP) is 5.19. The highest BCUT2D eigenvalue weighted by molar-refractivity contribution is 5.78. The fraction of sp³-hybridized carbons (Fsp3) is 0.357. The van der Waals surface area contributed by atoms with E-state index in [1.54, 1.807) is 0 Å². The summed E-state index contributed by atoms with van der Waals surface area (Å²) < 4.78 is 1.88. The van der Waals surface area contributed by atoms with Crippen LogP contribution >= 0.6 is 0 Å². The molecule has 5 rings (SSSR count). The molecule has 170 valence electrons. The van der Waals surface area contributed by atoms with Crippen molar-refractivity contribution in [3.63, 3.8) is 0 Å². The minimum absolute atomic E-state index is 0.109. The van der Waals surface area contributed by atoms with E-state index in [0.29, 0.717) is 5.92 Å². The molecule has 1 aliphatic heterocycles. The van der Waals surface area contributed by atoms with Crippen molar-refractivity contribution in [2.24, 2.45) is 0 Å². The molecule has 5 heteroatoms. The highest BCUT2D eigenvalue weighted by atomic mass is 16.3. The van der Waals surface area contributed by atoms with E-state index in [2.05, 4.69) is 78.6 Å². The maximum Gasteiger partial charge on any atom is 0.162 e. The average molecular weight is 441 g/mol. The second kappa shape index (κ2) is 9.46. The number of aliphatic hydroxyl groups is 1. The Hall–Kier alpha value is -3.02. The van der Waals surface area contributed by atoms with Crippen LogP contribution in [-0.2, 0) is 6.42 Å². The molecule has 0 atom stereocenters. The standard InChI is InChI=1S/C28H32N4O/c1-20(2)23-4-3-5-24(16-23)27-18-30-32-19-25(17-29-28(27)32)22-8-6-21(7-9-22)10-13-31-14-11-26(33)12-15-31/h3-9,16-20,26,33H,10-15H2,1-2H3. The van der Waals surface area contributed by atoms with Crippen molar-refractivity contribution in [2.45, 2.75) is 45.1 Å². The Balaban J connectivity index is 1.31. The number of benzene rings is 2. The Labute approximate surface area is 195 Å². The van der Waals surface area contributed by atoms with Crippen molar-refractivity contribution in [3.05, 3.63) is 78.2 Å². The number of hydrogen-bond donors (Lipinski definition) is 1. The van der Waals surface area contributed by atoms with Gasteiger partial charge in [-0.1, -0.05) is 62.4 Å². The molecule has 0 spiro atoms. The number of likely N-dealkylation sites (tertiary alicyclic amines) is 1. The first kappa shape index (κ1) is 21.8. The van der Waals surface area contributed by atoms with Crippen LogP contribution in [0.2, 0.25) is 0 Å². The fourth-order valence-electron chi connectivity index (χ4n) is 4.59. The van der Waals surface area contributed by atoms with Crippen LogP contribution in [0, 0.1) is 0 Å². The monoisotopic (exact) mass is 440 g/mol. The van der Waals surface area contributed by atoms with Crippen molar-refractivity contribution in [1.82, 2.24) is 19.5 Å². The molecule has 3 heterocycles. The van der Waals surface area contributed by atoms with Gasteiger partial charge in [-0.05, 0) is 47.4 Å². The fourth-order valence-corrected chi connectivity index (χ4v) is 4.59. The summed E-state index contributed by atoms with van der Waals surface area (Å²) in [5.74, 6) is 0.488. The zero-order chi connectivity index (χ0) is 22.8. The third kappa shape index (κ3) is 4.85. The van der Waals surface area contributed by atoms with Crippen LogP contribution in [-0.4, -0.2) is 50.3 Å². The zero-order valence-electron chi connectivity index (χ0n) is 19.5. The molecule has 5 nitrogen and oxygen atoms in total. The molecule has 33 heavy (non-hydrogen) atoms. The van der Waals surface area contributed by atoms with Gasteiger partial charge in [0.25, 0.3) is 0 Å². The number of nitrogens with zero attached hydrogens (tertiary/aromatic N) is 4. The molecular weight excluding hydrogens is 408 g/mol. The van der Waals surface area contributed by atoms with E-state index >= 15 is 0 Å². The Morgan fingerprint density at radius 2 is 1.76 bits per heavy atom. The number of aromatic nitrogens is 3. The van der Waals surface area contributed by atoms with E-state index in [1.165, 1.54) is 11.1 Å². The lowest BCUT2D eigenvalue weighted by Gasteiger charge is -2.29. The second-order valence-corrected chi connectivity index (χ2v) is 9.47. The first-order valence-corrected chi connectivity index (χ1v) is 12.0. The van der Waals surface area contributed by atoms with Gasteiger partial charge in [0.1, 0.15) is 0 Å². The van der Waals surface area contributed by atoms with E-state index in [-0.39, 0.29) is 6.10 Å². The molecule has 2 aromatic heterocycles. The highest BCUT2D eigenvalue weighted by Gasteiger charge is 2.16. The lowest BCUT2D eigenvalue weighted by atomic mass is 9.98. The topological polar surface area (TPSA) is 53.7 Å². The van der Waals surface area contributed by atoms with E-state index in [9.17, 15) is 5.11 Å². The first-order valence-electron chi connectivity index (χ1n) is 12.0. The largest absolute Gasteiger partial charge is 0.393 e. The summed E-state index contributed by atoms with van der Waals surface area (Å²) in [6, 6.07) is 17.4. The van der Waals surface area contributed by atoms with E-state index in [1.807, 2.05) is 16.9 Å². The van der Waals surface area contributed by atoms with E-state index in [4.69, 9.17) is 4.98 Å². The van der Waals surface area contributed by atoms with Gasteiger partial charge in [0.15, 0.2) is 5.65 Å². The normalized spacial score (nSPS) is 15.5. The molecule has 1 aliphatic rings. The third-order valence-corrected chi connectivity index (χ3v) is 6.78. The molecule has 2 aromatic carbocycles. The first-order chi connectivity index (χ1) is 16.1. The number of hydrogen-bond acceptors (Lipinski definition) is 4. The molecule has 0 aliphatic carbocycles. The van der Waals surface area contributed by atoms with Gasteiger partial charge in [-0.25, -0.2) is 9.50 Å². The van der Waals surface area contributed by atoms with Gasteiger partial charge >= 0.3 is 0 Å². The number of fused-ring (bicyclic) bond motifs is 1. The third-order valence-electron chi connectivity index (χ3n) is 6.78. The van der Waals surface area contributed by atoms with Crippen LogP contribution in [0.25, 0.3) is 27.9 Å². The van der Waals surface area contributed by atoms with Gasteiger partial charge in [0, 0.05) is 43.2 Å². The van der Waals surface area contributed by atoms with Crippen LogP contribution in [0.4, 0.5) is 0 Å². The van der Waals surface area contributed by atoms with Crippen molar-refractivity contribution in [1.29, 1.82) is 0 Å². The molecule has 1 N–H and O–H groups in total. The van der Waals surface area contributed by atoms with E-state index in [0.717, 1.165) is 66.8 Å². The molecule has 0 amide bonds. The van der Waals surface area contributed by atoms with Crippen molar-refractivity contribution in [3.8, 4) is 22.3 Å². The summed E-state index contributed by atoms with van der Waals surface area (Å²) in [6.07, 6.45) is 8.63. The van der Waals surface area contributed by atoms with Gasteiger partial charge in [-0.2, -0.15) is 5.10 Å². The minimum atomic E-state index is -0.109. The van der Waals surface area contributed by atoms with Gasteiger partial charge in [-0.3, -0.25) is 0 Å². The molecule has 1 saturated heterocycles. The predicted molar refractivity (Wildman–Crippen MR) is 133 cm³/mol. The summed E-state index contributed by atoms with van der Waals surface area (Å²) in [4.78, 5) is 7.22. The summed E-state index contributed by atoms with van der Waals surface area (Å²) in [6.45, 7) is 7.47.